The fraction of sp³-hybridized carbons (Fsp3) is 0.200. The van der Waals surface area contributed by atoms with Crippen LogP contribution in [-0.2, 0) is 14.3 Å². The lowest BCUT2D eigenvalue weighted by molar-refractivity contribution is -0.123. The van der Waals surface area contributed by atoms with Gasteiger partial charge in [0, 0.05) is 36.2 Å². The van der Waals surface area contributed by atoms with Crippen molar-refractivity contribution in [3.63, 3.8) is 0 Å². The minimum atomic E-state index is -0.416. The standard InChI is InChI=1S/C30H29N5O4/c1-38-29(37)23-8-5-9-25(20-23)33-30-31-15-14-26(34-30)21-10-12-24(13-11-21)32-28(36)27(22-6-3-2-4-7-22)35-16-18-39-19-17-35/h2-15,20,27H,16-19H2,1H3,(H,32,36)(H,31,33,34). The number of hydrogen-bond donors (Lipinski definition) is 2. The number of amides is 1. The van der Waals surface area contributed by atoms with Crippen LogP contribution in [-0.4, -0.2) is 60.2 Å². The molecule has 198 valence electrons. The molecule has 3 aromatic carbocycles. The summed E-state index contributed by atoms with van der Waals surface area (Å²) >= 11 is 0. The number of hydrogen-bond acceptors (Lipinski definition) is 8. The van der Waals surface area contributed by atoms with Gasteiger partial charge in [-0.3, -0.25) is 9.69 Å². The van der Waals surface area contributed by atoms with Crippen LogP contribution in [0.5, 0.6) is 0 Å². The average molecular weight is 524 g/mol. The molecule has 0 bridgehead atoms. The fourth-order valence-electron chi connectivity index (χ4n) is 4.48. The first-order valence-electron chi connectivity index (χ1n) is 12.7. The number of carbonyl (C=O) groups excluding carboxylic acids is 2. The number of nitrogens with zero attached hydrogens (tertiary/aromatic N) is 3. The molecule has 0 spiro atoms. The molecule has 1 saturated heterocycles. The van der Waals surface area contributed by atoms with E-state index >= 15 is 0 Å². The van der Waals surface area contributed by atoms with Crippen molar-refractivity contribution in [2.75, 3.05) is 44.0 Å². The zero-order valence-corrected chi connectivity index (χ0v) is 21.5. The molecule has 2 N–H and O–H groups in total. The number of ether oxygens (including phenoxy) is 2. The SMILES string of the molecule is COC(=O)c1cccc(Nc2nccc(-c3ccc(NC(=O)C(c4ccccc4)N4CCOCC4)cc3)n2)c1. The van der Waals surface area contributed by atoms with Crippen molar-refractivity contribution in [3.05, 3.63) is 102 Å². The summed E-state index contributed by atoms with van der Waals surface area (Å²) in [5.41, 5.74) is 4.33. The quantitative estimate of drug-likeness (QED) is 0.321. The summed E-state index contributed by atoms with van der Waals surface area (Å²) in [5.74, 6) is -0.109. The van der Waals surface area contributed by atoms with E-state index in [1.54, 1.807) is 24.4 Å². The number of aromatic nitrogens is 2. The second kappa shape index (κ2) is 12.3. The Morgan fingerprint density at radius 3 is 2.44 bits per heavy atom. The number of rotatable bonds is 8. The van der Waals surface area contributed by atoms with Crippen molar-refractivity contribution in [2.24, 2.45) is 0 Å². The van der Waals surface area contributed by atoms with Gasteiger partial charge in [-0.15, -0.1) is 0 Å². The van der Waals surface area contributed by atoms with E-state index in [1.807, 2.05) is 66.7 Å². The summed E-state index contributed by atoms with van der Waals surface area (Å²) in [4.78, 5) is 36.3. The van der Waals surface area contributed by atoms with Gasteiger partial charge in [-0.2, -0.15) is 0 Å². The topological polar surface area (TPSA) is 106 Å². The van der Waals surface area contributed by atoms with Crippen molar-refractivity contribution in [3.8, 4) is 11.3 Å². The van der Waals surface area contributed by atoms with Crippen LogP contribution in [0.4, 0.5) is 17.3 Å². The van der Waals surface area contributed by atoms with E-state index in [0.717, 1.165) is 11.1 Å². The molecule has 0 saturated carbocycles. The maximum Gasteiger partial charge on any atom is 0.337 e. The molecule has 0 radical (unpaired) electrons. The summed E-state index contributed by atoms with van der Waals surface area (Å²) in [6.45, 7) is 2.61. The normalized spacial score (nSPS) is 14.3. The second-order valence-corrected chi connectivity index (χ2v) is 8.99. The molecule has 1 aliphatic rings. The molecule has 2 heterocycles. The van der Waals surface area contributed by atoms with Gasteiger partial charge in [0.05, 0.1) is 31.6 Å². The third kappa shape index (κ3) is 6.46. The lowest BCUT2D eigenvalue weighted by atomic mass is 10.0. The molecule has 1 unspecified atom stereocenters. The van der Waals surface area contributed by atoms with Gasteiger partial charge < -0.3 is 20.1 Å². The molecule has 5 rings (SSSR count). The van der Waals surface area contributed by atoms with Gasteiger partial charge in [-0.1, -0.05) is 48.5 Å². The van der Waals surface area contributed by atoms with E-state index < -0.39 is 12.0 Å². The third-order valence-corrected chi connectivity index (χ3v) is 6.42. The number of morpholine rings is 1. The van der Waals surface area contributed by atoms with Gasteiger partial charge in [0.2, 0.25) is 11.9 Å². The molecule has 1 amide bonds. The van der Waals surface area contributed by atoms with E-state index in [-0.39, 0.29) is 5.91 Å². The van der Waals surface area contributed by atoms with Crippen LogP contribution in [0.15, 0.2) is 91.1 Å². The Kier molecular flexibility index (Phi) is 8.20. The van der Waals surface area contributed by atoms with Crippen molar-refractivity contribution >= 4 is 29.2 Å². The smallest absolute Gasteiger partial charge is 0.337 e. The Morgan fingerprint density at radius 1 is 0.923 bits per heavy atom. The highest BCUT2D eigenvalue weighted by Gasteiger charge is 2.29. The molecule has 9 heteroatoms. The van der Waals surface area contributed by atoms with Crippen LogP contribution < -0.4 is 10.6 Å². The molecular weight excluding hydrogens is 494 g/mol. The van der Waals surface area contributed by atoms with Gasteiger partial charge in [-0.05, 0) is 42.0 Å². The molecule has 1 fully saturated rings. The summed E-state index contributed by atoms with van der Waals surface area (Å²) in [6, 6.07) is 25.7. The van der Waals surface area contributed by atoms with Gasteiger partial charge in [-0.25, -0.2) is 14.8 Å². The Morgan fingerprint density at radius 2 is 1.69 bits per heavy atom. The monoisotopic (exact) mass is 523 g/mol. The lowest BCUT2D eigenvalue weighted by Crippen LogP contribution is -2.43. The van der Waals surface area contributed by atoms with Crippen LogP contribution in [0.25, 0.3) is 11.3 Å². The predicted molar refractivity (Wildman–Crippen MR) is 149 cm³/mol. The molecular formula is C30H29N5O4. The van der Waals surface area contributed by atoms with E-state index in [1.165, 1.54) is 7.11 Å². The largest absolute Gasteiger partial charge is 0.465 e. The van der Waals surface area contributed by atoms with Crippen LogP contribution >= 0.6 is 0 Å². The van der Waals surface area contributed by atoms with Crippen molar-refractivity contribution in [2.45, 2.75) is 6.04 Å². The van der Waals surface area contributed by atoms with Gasteiger partial charge in [0.15, 0.2) is 0 Å². The van der Waals surface area contributed by atoms with Crippen molar-refractivity contribution < 1.29 is 19.1 Å². The first kappa shape index (κ1) is 26.0. The van der Waals surface area contributed by atoms with Crippen LogP contribution in [0.1, 0.15) is 22.0 Å². The Bertz CT molecular complexity index is 1420. The first-order chi connectivity index (χ1) is 19.1. The number of nitrogens with one attached hydrogen (secondary N) is 2. The van der Waals surface area contributed by atoms with Crippen LogP contribution in [0.3, 0.4) is 0 Å². The molecule has 1 aliphatic heterocycles. The highest BCUT2D eigenvalue weighted by molar-refractivity contribution is 5.95. The summed E-state index contributed by atoms with van der Waals surface area (Å²) in [5, 5.41) is 6.20. The number of methoxy groups -OCH3 is 1. The van der Waals surface area contributed by atoms with E-state index in [9.17, 15) is 9.59 Å². The van der Waals surface area contributed by atoms with E-state index in [0.29, 0.717) is 54.9 Å². The molecule has 0 aliphatic carbocycles. The predicted octanol–water partition coefficient (Wildman–Crippen LogP) is 4.69. The number of esters is 1. The third-order valence-electron chi connectivity index (χ3n) is 6.42. The minimum absolute atomic E-state index is 0.0847. The highest BCUT2D eigenvalue weighted by atomic mass is 16.5. The van der Waals surface area contributed by atoms with Gasteiger partial charge >= 0.3 is 5.97 Å². The molecule has 1 atom stereocenters. The van der Waals surface area contributed by atoms with Crippen LogP contribution in [0.2, 0.25) is 0 Å². The minimum Gasteiger partial charge on any atom is -0.465 e. The molecule has 39 heavy (non-hydrogen) atoms. The summed E-state index contributed by atoms with van der Waals surface area (Å²) in [7, 11) is 1.34. The van der Waals surface area contributed by atoms with Gasteiger partial charge in [0.25, 0.3) is 0 Å². The average Bonchev–Trinajstić information content (AvgIpc) is 2.99. The van der Waals surface area contributed by atoms with E-state index in [2.05, 4.69) is 25.5 Å². The molecule has 9 nitrogen and oxygen atoms in total. The Hall–Kier alpha value is -4.60. The maximum absolute atomic E-state index is 13.4. The van der Waals surface area contributed by atoms with Crippen molar-refractivity contribution in [1.82, 2.24) is 14.9 Å². The zero-order chi connectivity index (χ0) is 27.0. The lowest BCUT2D eigenvalue weighted by Gasteiger charge is -2.33. The number of benzene rings is 3. The highest BCUT2D eigenvalue weighted by Crippen LogP contribution is 2.26. The second-order valence-electron chi connectivity index (χ2n) is 8.99. The number of anilines is 3. The van der Waals surface area contributed by atoms with E-state index in [4.69, 9.17) is 9.47 Å². The number of carbonyl (C=O) groups is 2. The van der Waals surface area contributed by atoms with Crippen LogP contribution in [0, 0.1) is 0 Å². The summed E-state index contributed by atoms with van der Waals surface area (Å²) < 4.78 is 10.3. The summed E-state index contributed by atoms with van der Waals surface area (Å²) in [6.07, 6.45) is 1.66. The molecule has 4 aromatic rings. The Balaban J connectivity index is 1.29. The molecule has 1 aromatic heterocycles. The zero-order valence-electron chi connectivity index (χ0n) is 21.5. The maximum atomic E-state index is 13.4. The first-order valence-corrected chi connectivity index (χ1v) is 12.7. The Labute approximate surface area is 226 Å². The van der Waals surface area contributed by atoms with Gasteiger partial charge in [0.1, 0.15) is 6.04 Å². The van der Waals surface area contributed by atoms with Crippen molar-refractivity contribution in [1.29, 1.82) is 0 Å². The fourth-order valence-corrected chi connectivity index (χ4v) is 4.48.